The van der Waals surface area contributed by atoms with E-state index < -0.39 is 27.9 Å². The Morgan fingerprint density at radius 3 is 2.33 bits per heavy atom. The van der Waals surface area contributed by atoms with Gasteiger partial charge in [0.2, 0.25) is 21.8 Å². The van der Waals surface area contributed by atoms with Crippen molar-refractivity contribution in [2.45, 2.75) is 17.7 Å². The van der Waals surface area contributed by atoms with Crippen LogP contribution in [0.3, 0.4) is 0 Å². The quantitative estimate of drug-likeness (QED) is 0.414. The van der Waals surface area contributed by atoms with Gasteiger partial charge in [-0.2, -0.15) is 16.9 Å². The van der Waals surface area contributed by atoms with Gasteiger partial charge in [-0.3, -0.25) is 9.59 Å². The standard InChI is InChI=1S/C25H29N3O6S2/c1-26(17-23(29)27(2)20-11-9-19(10-12-20)25(31)34-3)24(30)22-15-21(35)16-28(22)36(32,33)14-13-18-7-5-4-6-8-18/h4-14,21-22,35H,15-17H2,1-3H3. The highest BCUT2D eigenvalue weighted by molar-refractivity contribution is 7.92. The van der Waals surface area contributed by atoms with E-state index in [-0.39, 0.29) is 30.7 Å². The van der Waals surface area contributed by atoms with Crippen molar-refractivity contribution in [2.75, 3.05) is 39.2 Å². The van der Waals surface area contributed by atoms with E-state index in [2.05, 4.69) is 17.4 Å². The Hall–Kier alpha value is -3.15. The summed E-state index contributed by atoms with van der Waals surface area (Å²) >= 11 is 4.41. The molecule has 192 valence electrons. The Labute approximate surface area is 216 Å². The first-order chi connectivity index (χ1) is 17.0. The van der Waals surface area contributed by atoms with Crippen LogP contribution in [0.2, 0.25) is 0 Å². The normalized spacial score (nSPS) is 18.2. The lowest BCUT2D eigenvalue weighted by Gasteiger charge is -2.27. The second-order valence-electron chi connectivity index (χ2n) is 8.42. The minimum atomic E-state index is -3.90. The predicted molar refractivity (Wildman–Crippen MR) is 141 cm³/mol. The zero-order valence-electron chi connectivity index (χ0n) is 20.3. The topological polar surface area (TPSA) is 104 Å². The van der Waals surface area contributed by atoms with Gasteiger partial charge in [-0.25, -0.2) is 13.2 Å². The molecular weight excluding hydrogens is 502 g/mol. The molecule has 0 aliphatic carbocycles. The van der Waals surface area contributed by atoms with E-state index in [0.717, 1.165) is 15.3 Å². The highest BCUT2D eigenvalue weighted by atomic mass is 32.2. The number of benzene rings is 2. The van der Waals surface area contributed by atoms with Crippen LogP contribution in [-0.4, -0.2) is 81.0 Å². The van der Waals surface area contributed by atoms with Crippen LogP contribution in [0.15, 0.2) is 60.0 Å². The molecule has 2 amide bonds. The highest BCUT2D eigenvalue weighted by Gasteiger charge is 2.42. The van der Waals surface area contributed by atoms with Gasteiger partial charge < -0.3 is 14.5 Å². The minimum absolute atomic E-state index is 0.0925. The van der Waals surface area contributed by atoms with Gasteiger partial charge in [-0.1, -0.05) is 30.3 Å². The molecule has 1 fully saturated rings. The van der Waals surface area contributed by atoms with Gasteiger partial charge in [-0.15, -0.1) is 0 Å². The maximum absolute atomic E-state index is 13.2. The van der Waals surface area contributed by atoms with Crippen molar-refractivity contribution in [2.24, 2.45) is 0 Å². The number of rotatable bonds is 8. The molecular formula is C25H29N3O6S2. The second-order valence-corrected chi connectivity index (χ2v) is 10.9. The number of carbonyl (C=O) groups excluding carboxylic acids is 3. The molecule has 2 aromatic carbocycles. The lowest BCUT2D eigenvalue weighted by Crippen LogP contribution is -2.48. The summed E-state index contributed by atoms with van der Waals surface area (Å²) < 4.78 is 31.9. The average molecular weight is 532 g/mol. The summed E-state index contributed by atoms with van der Waals surface area (Å²) in [6, 6.07) is 14.3. The largest absolute Gasteiger partial charge is 0.465 e. The molecule has 2 unspecified atom stereocenters. The fourth-order valence-electron chi connectivity index (χ4n) is 3.82. The summed E-state index contributed by atoms with van der Waals surface area (Å²) in [5.41, 5.74) is 1.59. The molecule has 1 saturated heterocycles. The summed E-state index contributed by atoms with van der Waals surface area (Å²) in [4.78, 5) is 40.2. The number of sulfonamides is 1. The fraction of sp³-hybridized carbons (Fsp3) is 0.320. The lowest BCUT2D eigenvalue weighted by atomic mass is 10.2. The number of thiol groups is 1. The van der Waals surface area contributed by atoms with E-state index in [1.807, 2.05) is 6.07 Å². The molecule has 9 nitrogen and oxygen atoms in total. The number of nitrogens with zero attached hydrogens (tertiary/aromatic N) is 3. The van der Waals surface area contributed by atoms with Crippen molar-refractivity contribution in [1.29, 1.82) is 0 Å². The molecule has 2 atom stereocenters. The minimum Gasteiger partial charge on any atom is -0.465 e. The van der Waals surface area contributed by atoms with Gasteiger partial charge in [0, 0.05) is 37.0 Å². The third-order valence-electron chi connectivity index (χ3n) is 5.88. The van der Waals surface area contributed by atoms with Gasteiger partial charge >= 0.3 is 5.97 Å². The molecule has 0 bridgehead atoms. The first-order valence-corrected chi connectivity index (χ1v) is 13.2. The van der Waals surface area contributed by atoms with Crippen molar-refractivity contribution >= 4 is 52.2 Å². The van der Waals surface area contributed by atoms with Crippen LogP contribution in [0, 0.1) is 0 Å². The predicted octanol–water partition coefficient (Wildman–Crippen LogP) is 2.27. The van der Waals surface area contributed by atoms with Crippen molar-refractivity contribution < 1.29 is 27.5 Å². The van der Waals surface area contributed by atoms with Gasteiger partial charge in [0.1, 0.15) is 6.04 Å². The maximum Gasteiger partial charge on any atom is 0.337 e. The molecule has 0 radical (unpaired) electrons. The smallest absolute Gasteiger partial charge is 0.337 e. The van der Waals surface area contributed by atoms with Crippen molar-refractivity contribution in [3.63, 3.8) is 0 Å². The maximum atomic E-state index is 13.2. The summed E-state index contributed by atoms with van der Waals surface area (Å²) in [7, 11) is 0.403. The summed E-state index contributed by atoms with van der Waals surface area (Å²) in [5.74, 6) is -1.35. The Morgan fingerprint density at radius 1 is 1.08 bits per heavy atom. The Balaban J connectivity index is 1.68. The molecule has 1 aliphatic rings. The van der Waals surface area contributed by atoms with E-state index in [1.165, 1.54) is 42.2 Å². The number of carbonyl (C=O) groups is 3. The zero-order chi connectivity index (χ0) is 26.5. The Morgan fingerprint density at radius 2 is 1.72 bits per heavy atom. The third-order valence-corrected chi connectivity index (χ3v) is 7.79. The molecule has 11 heteroatoms. The molecule has 0 saturated carbocycles. The first kappa shape index (κ1) is 27.4. The van der Waals surface area contributed by atoms with Crippen LogP contribution >= 0.6 is 12.6 Å². The molecule has 0 aromatic heterocycles. The van der Waals surface area contributed by atoms with Crippen molar-refractivity contribution in [3.8, 4) is 0 Å². The van der Waals surface area contributed by atoms with E-state index in [1.54, 1.807) is 43.4 Å². The number of hydrogen-bond donors (Lipinski definition) is 1. The van der Waals surface area contributed by atoms with Gasteiger partial charge in [0.05, 0.1) is 19.2 Å². The number of anilines is 1. The van der Waals surface area contributed by atoms with Crippen LogP contribution in [0.4, 0.5) is 5.69 Å². The number of likely N-dealkylation sites (N-methyl/N-ethyl adjacent to an activating group) is 2. The first-order valence-electron chi connectivity index (χ1n) is 11.2. The molecule has 36 heavy (non-hydrogen) atoms. The highest BCUT2D eigenvalue weighted by Crippen LogP contribution is 2.27. The third kappa shape index (κ3) is 6.54. The van der Waals surface area contributed by atoms with Crippen LogP contribution in [0.5, 0.6) is 0 Å². The summed E-state index contributed by atoms with van der Waals surface area (Å²) in [5, 5.41) is 0.782. The van der Waals surface area contributed by atoms with Crippen LogP contribution in [0.25, 0.3) is 6.08 Å². The molecule has 1 aliphatic heterocycles. The molecule has 3 rings (SSSR count). The summed E-state index contributed by atoms with van der Waals surface area (Å²) in [6.45, 7) is -0.162. The fourth-order valence-corrected chi connectivity index (χ4v) is 5.71. The SMILES string of the molecule is COC(=O)c1ccc(N(C)C(=O)CN(C)C(=O)C2CC(S)CN2S(=O)(=O)C=Cc2ccccc2)cc1. The molecule has 1 heterocycles. The second kappa shape index (κ2) is 11.7. The van der Waals surface area contributed by atoms with Gasteiger partial charge in [-0.05, 0) is 42.3 Å². The average Bonchev–Trinajstić information content (AvgIpc) is 3.29. The number of amides is 2. The van der Waals surface area contributed by atoms with E-state index >= 15 is 0 Å². The van der Waals surface area contributed by atoms with Crippen molar-refractivity contribution in [1.82, 2.24) is 9.21 Å². The van der Waals surface area contributed by atoms with E-state index in [0.29, 0.717) is 11.3 Å². The van der Waals surface area contributed by atoms with Crippen LogP contribution in [-0.2, 0) is 24.3 Å². The number of methoxy groups -OCH3 is 1. The summed E-state index contributed by atoms with van der Waals surface area (Å²) in [6.07, 6.45) is 1.72. The van der Waals surface area contributed by atoms with E-state index in [4.69, 9.17) is 0 Å². The number of esters is 1. The monoisotopic (exact) mass is 531 g/mol. The Kier molecular flexibility index (Phi) is 8.93. The molecule has 0 spiro atoms. The van der Waals surface area contributed by atoms with E-state index in [9.17, 15) is 22.8 Å². The van der Waals surface area contributed by atoms with Crippen LogP contribution < -0.4 is 4.90 Å². The molecule has 0 N–H and O–H groups in total. The van der Waals surface area contributed by atoms with Crippen LogP contribution in [0.1, 0.15) is 22.3 Å². The lowest BCUT2D eigenvalue weighted by molar-refractivity contribution is -0.136. The number of hydrogen-bond acceptors (Lipinski definition) is 7. The Bertz CT molecular complexity index is 1230. The molecule has 2 aromatic rings. The van der Waals surface area contributed by atoms with Crippen molar-refractivity contribution in [3.05, 3.63) is 71.1 Å². The van der Waals surface area contributed by atoms with Gasteiger partial charge in [0.25, 0.3) is 0 Å². The zero-order valence-corrected chi connectivity index (χ0v) is 22.0. The number of ether oxygens (including phenoxy) is 1. The van der Waals surface area contributed by atoms with Gasteiger partial charge in [0.15, 0.2) is 0 Å².